The van der Waals surface area contributed by atoms with E-state index in [4.69, 9.17) is 10.7 Å². The van der Waals surface area contributed by atoms with Gasteiger partial charge in [0.05, 0.1) is 10.7 Å². The average Bonchev–Trinajstić information content (AvgIpc) is 2.75. The van der Waals surface area contributed by atoms with Gasteiger partial charge in [-0.25, -0.2) is 4.98 Å². The van der Waals surface area contributed by atoms with Crippen LogP contribution in [0.25, 0.3) is 0 Å². The highest BCUT2D eigenvalue weighted by molar-refractivity contribution is 7.09. The van der Waals surface area contributed by atoms with Crippen LogP contribution in [-0.2, 0) is 13.0 Å². The Bertz CT molecular complexity index is 529. The van der Waals surface area contributed by atoms with E-state index in [2.05, 4.69) is 29.6 Å². The number of rotatable bonds is 4. The molecule has 1 aliphatic carbocycles. The minimum Gasteiger partial charge on any atom is -0.326 e. The summed E-state index contributed by atoms with van der Waals surface area (Å²) in [6, 6.07) is 8.50. The zero-order valence-corrected chi connectivity index (χ0v) is 11.2. The predicted octanol–water partition coefficient (Wildman–Crippen LogP) is 3.46. The van der Waals surface area contributed by atoms with E-state index in [9.17, 15) is 0 Å². The van der Waals surface area contributed by atoms with Gasteiger partial charge in [0.1, 0.15) is 0 Å². The standard InChI is InChI=1S/C15H18N2S/c16-9-12-4-1-3-11(7-12)8-15-17-14(10-18-15)13-5-2-6-13/h1,3-4,7,10,13H,2,5-6,8-9,16H2. The van der Waals surface area contributed by atoms with Crippen LogP contribution in [0.5, 0.6) is 0 Å². The van der Waals surface area contributed by atoms with Crippen LogP contribution in [0.3, 0.4) is 0 Å². The monoisotopic (exact) mass is 258 g/mol. The molecule has 1 aliphatic rings. The molecule has 2 aromatic rings. The fourth-order valence-corrected chi connectivity index (χ4v) is 3.25. The first kappa shape index (κ1) is 11.9. The lowest BCUT2D eigenvalue weighted by Gasteiger charge is -2.23. The van der Waals surface area contributed by atoms with Crippen molar-refractivity contribution in [2.75, 3.05) is 0 Å². The molecule has 1 saturated carbocycles. The zero-order chi connectivity index (χ0) is 12.4. The number of thiazole rings is 1. The molecule has 1 aromatic carbocycles. The van der Waals surface area contributed by atoms with Gasteiger partial charge in [0.15, 0.2) is 0 Å². The molecule has 1 heterocycles. The highest BCUT2D eigenvalue weighted by Gasteiger charge is 2.21. The van der Waals surface area contributed by atoms with E-state index in [-0.39, 0.29) is 0 Å². The predicted molar refractivity (Wildman–Crippen MR) is 75.8 cm³/mol. The van der Waals surface area contributed by atoms with E-state index < -0.39 is 0 Å². The normalized spacial score (nSPS) is 15.6. The van der Waals surface area contributed by atoms with E-state index in [0.29, 0.717) is 6.54 Å². The van der Waals surface area contributed by atoms with Gasteiger partial charge in [0.25, 0.3) is 0 Å². The molecule has 1 fully saturated rings. The summed E-state index contributed by atoms with van der Waals surface area (Å²) in [5, 5.41) is 3.47. The summed E-state index contributed by atoms with van der Waals surface area (Å²) in [5.74, 6) is 0.741. The first-order valence-electron chi connectivity index (χ1n) is 6.57. The van der Waals surface area contributed by atoms with Crippen LogP contribution in [0.15, 0.2) is 29.6 Å². The summed E-state index contributed by atoms with van der Waals surface area (Å²) in [5.41, 5.74) is 9.49. The van der Waals surface area contributed by atoms with Crippen LogP contribution < -0.4 is 5.73 Å². The molecule has 1 aromatic heterocycles. The SMILES string of the molecule is NCc1cccc(Cc2nc(C3CCC3)cs2)c1. The molecule has 3 heteroatoms. The number of aromatic nitrogens is 1. The summed E-state index contributed by atoms with van der Waals surface area (Å²) >= 11 is 1.79. The van der Waals surface area contributed by atoms with Gasteiger partial charge in [0.2, 0.25) is 0 Å². The quantitative estimate of drug-likeness (QED) is 0.912. The molecule has 0 bridgehead atoms. The summed E-state index contributed by atoms with van der Waals surface area (Å²) in [7, 11) is 0. The number of nitrogens with two attached hydrogens (primary N) is 1. The second kappa shape index (κ2) is 5.21. The Hall–Kier alpha value is -1.19. The Morgan fingerprint density at radius 2 is 2.11 bits per heavy atom. The maximum absolute atomic E-state index is 5.67. The van der Waals surface area contributed by atoms with Crippen molar-refractivity contribution in [3.8, 4) is 0 Å². The zero-order valence-electron chi connectivity index (χ0n) is 10.4. The minimum absolute atomic E-state index is 0.610. The molecule has 0 atom stereocenters. The summed E-state index contributed by atoms with van der Waals surface area (Å²) in [6.45, 7) is 0.610. The van der Waals surface area contributed by atoms with Gasteiger partial charge in [-0.05, 0) is 24.0 Å². The minimum atomic E-state index is 0.610. The fraction of sp³-hybridized carbons (Fsp3) is 0.400. The maximum Gasteiger partial charge on any atom is 0.0972 e. The highest BCUT2D eigenvalue weighted by Crippen LogP contribution is 2.36. The Morgan fingerprint density at radius 3 is 2.83 bits per heavy atom. The van der Waals surface area contributed by atoms with Gasteiger partial charge in [-0.2, -0.15) is 0 Å². The second-order valence-corrected chi connectivity index (χ2v) is 5.94. The van der Waals surface area contributed by atoms with Crippen LogP contribution in [0.4, 0.5) is 0 Å². The van der Waals surface area contributed by atoms with Crippen LogP contribution in [0.1, 0.15) is 47.0 Å². The van der Waals surface area contributed by atoms with Gasteiger partial charge < -0.3 is 5.73 Å². The first-order valence-corrected chi connectivity index (χ1v) is 7.45. The van der Waals surface area contributed by atoms with E-state index in [0.717, 1.165) is 12.3 Å². The molecule has 0 spiro atoms. The molecule has 94 valence electrons. The third-order valence-corrected chi connectivity index (χ3v) is 4.54. The lowest BCUT2D eigenvalue weighted by atomic mass is 9.83. The van der Waals surface area contributed by atoms with E-state index in [1.54, 1.807) is 11.3 Å². The molecule has 0 unspecified atom stereocenters. The largest absolute Gasteiger partial charge is 0.326 e. The summed E-state index contributed by atoms with van der Waals surface area (Å²) in [6.07, 6.45) is 4.96. The molecule has 0 radical (unpaired) electrons. The van der Waals surface area contributed by atoms with Crippen molar-refractivity contribution in [3.63, 3.8) is 0 Å². The van der Waals surface area contributed by atoms with E-state index >= 15 is 0 Å². The Morgan fingerprint density at radius 1 is 1.28 bits per heavy atom. The van der Waals surface area contributed by atoms with E-state index in [1.807, 2.05) is 0 Å². The van der Waals surface area contributed by atoms with E-state index in [1.165, 1.54) is 41.1 Å². The van der Waals surface area contributed by atoms with Crippen LogP contribution >= 0.6 is 11.3 Å². The van der Waals surface area contributed by atoms with Crippen molar-refractivity contribution in [2.45, 2.75) is 38.1 Å². The van der Waals surface area contributed by atoms with Gasteiger partial charge in [0, 0.05) is 24.3 Å². The summed E-state index contributed by atoms with van der Waals surface area (Å²) in [4.78, 5) is 4.77. The molecule has 2 nitrogen and oxygen atoms in total. The molecule has 2 N–H and O–H groups in total. The van der Waals surface area contributed by atoms with Crippen LogP contribution in [0, 0.1) is 0 Å². The van der Waals surface area contributed by atoms with Crippen molar-refractivity contribution >= 4 is 11.3 Å². The Labute approximate surface area is 112 Å². The Kier molecular flexibility index (Phi) is 3.43. The van der Waals surface area contributed by atoms with Crippen LogP contribution in [-0.4, -0.2) is 4.98 Å². The number of hydrogen-bond donors (Lipinski definition) is 1. The molecule has 0 aliphatic heterocycles. The number of benzene rings is 1. The molecular formula is C15H18N2S. The van der Waals surface area contributed by atoms with Crippen molar-refractivity contribution in [1.82, 2.24) is 4.98 Å². The lowest BCUT2D eigenvalue weighted by Crippen LogP contribution is -2.09. The van der Waals surface area contributed by atoms with Gasteiger partial charge in [-0.3, -0.25) is 0 Å². The maximum atomic E-state index is 5.67. The lowest BCUT2D eigenvalue weighted by molar-refractivity contribution is 0.412. The van der Waals surface area contributed by atoms with Gasteiger partial charge >= 0.3 is 0 Å². The Balaban J connectivity index is 1.72. The average molecular weight is 258 g/mol. The molecule has 0 amide bonds. The smallest absolute Gasteiger partial charge is 0.0972 e. The molecule has 0 saturated heterocycles. The van der Waals surface area contributed by atoms with Crippen LogP contribution in [0.2, 0.25) is 0 Å². The molecule has 3 rings (SSSR count). The van der Waals surface area contributed by atoms with Crippen molar-refractivity contribution in [3.05, 3.63) is 51.5 Å². The first-order chi connectivity index (χ1) is 8.85. The number of hydrogen-bond acceptors (Lipinski definition) is 3. The highest BCUT2D eigenvalue weighted by atomic mass is 32.1. The molecular weight excluding hydrogens is 240 g/mol. The third-order valence-electron chi connectivity index (χ3n) is 3.68. The third kappa shape index (κ3) is 2.47. The van der Waals surface area contributed by atoms with Gasteiger partial charge in [-0.15, -0.1) is 11.3 Å². The van der Waals surface area contributed by atoms with Gasteiger partial charge in [-0.1, -0.05) is 30.7 Å². The number of nitrogens with zero attached hydrogens (tertiary/aromatic N) is 1. The van der Waals surface area contributed by atoms with Crippen molar-refractivity contribution in [1.29, 1.82) is 0 Å². The topological polar surface area (TPSA) is 38.9 Å². The second-order valence-electron chi connectivity index (χ2n) is 4.99. The van der Waals surface area contributed by atoms with Crippen molar-refractivity contribution < 1.29 is 0 Å². The molecule has 18 heavy (non-hydrogen) atoms. The van der Waals surface area contributed by atoms with Crippen molar-refractivity contribution in [2.24, 2.45) is 5.73 Å². The fourth-order valence-electron chi connectivity index (χ4n) is 2.34. The summed E-state index contributed by atoms with van der Waals surface area (Å²) < 4.78 is 0.